The number of ether oxygens (including phenoxy) is 2. The Morgan fingerprint density at radius 2 is 1.41 bits per heavy atom. The van der Waals surface area contributed by atoms with Crippen molar-refractivity contribution in [2.24, 2.45) is 0 Å². The van der Waals surface area contributed by atoms with Crippen molar-refractivity contribution in [1.29, 1.82) is 0 Å². The Morgan fingerprint density at radius 3 is 2.00 bits per heavy atom. The van der Waals surface area contributed by atoms with Gasteiger partial charge in [-0.3, -0.25) is 4.79 Å². The maximum atomic E-state index is 13.5. The van der Waals surface area contributed by atoms with Gasteiger partial charge in [-0.15, -0.1) is 0 Å². The van der Waals surface area contributed by atoms with Crippen LogP contribution in [0.1, 0.15) is 5.56 Å². The number of rotatable bonds is 10. The lowest BCUT2D eigenvalue weighted by Crippen LogP contribution is -2.61. The highest BCUT2D eigenvalue weighted by Crippen LogP contribution is 2.28. The van der Waals surface area contributed by atoms with Crippen LogP contribution in [0, 0.1) is 0 Å². The number of carbonyl (C=O) groups is 1. The molecule has 1 aliphatic rings. The van der Waals surface area contributed by atoms with Crippen molar-refractivity contribution in [3.05, 3.63) is 84.4 Å². The van der Waals surface area contributed by atoms with Crippen molar-refractivity contribution in [2.75, 3.05) is 40.4 Å². The number of benzene rings is 3. The molecule has 10 nitrogen and oxygen atoms in total. The predicted molar refractivity (Wildman–Crippen MR) is 146 cm³/mol. The minimum absolute atomic E-state index is 0.0347. The number of piperazine rings is 1. The maximum absolute atomic E-state index is 13.5. The minimum atomic E-state index is -4.06. The SMILES string of the molecule is COc1ccc(CCNC(=O)[C@@H]2CN(S(=O)(=O)c3ccccc3)CCN2S(=O)(=O)c2ccccc2)cc1OC. The summed E-state index contributed by atoms with van der Waals surface area (Å²) in [6, 6.07) is 19.8. The second kappa shape index (κ2) is 12.2. The number of nitrogens with zero attached hydrogens (tertiary/aromatic N) is 2. The topological polar surface area (TPSA) is 122 Å². The van der Waals surface area contributed by atoms with E-state index in [-0.39, 0.29) is 36.0 Å². The van der Waals surface area contributed by atoms with Crippen LogP contribution < -0.4 is 14.8 Å². The molecule has 12 heteroatoms. The molecule has 1 amide bonds. The second-order valence-electron chi connectivity index (χ2n) is 8.85. The average Bonchev–Trinajstić information content (AvgIpc) is 2.97. The van der Waals surface area contributed by atoms with Gasteiger partial charge in [0.05, 0.1) is 24.0 Å². The summed E-state index contributed by atoms with van der Waals surface area (Å²) in [5.41, 5.74) is 0.874. The summed E-state index contributed by atoms with van der Waals surface area (Å²) in [6.07, 6.45) is 0.441. The van der Waals surface area contributed by atoms with Gasteiger partial charge in [0.15, 0.2) is 11.5 Å². The molecule has 0 aromatic heterocycles. The number of carbonyl (C=O) groups excluding carboxylic acids is 1. The van der Waals surface area contributed by atoms with Crippen LogP contribution in [0.3, 0.4) is 0 Å². The largest absolute Gasteiger partial charge is 0.493 e. The first-order valence-electron chi connectivity index (χ1n) is 12.3. The molecular formula is C27H31N3O7S2. The number of sulfonamides is 2. The summed E-state index contributed by atoms with van der Waals surface area (Å²) >= 11 is 0. The molecule has 0 spiro atoms. The third kappa shape index (κ3) is 6.25. The first-order chi connectivity index (χ1) is 18.7. The van der Waals surface area contributed by atoms with Crippen molar-refractivity contribution >= 4 is 26.0 Å². The highest BCUT2D eigenvalue weighted by Gasteiger charge is 2.43. The molecule has 1 atom stereocenters. The van der Waals surface area contributed by atoms with Gasteiger partial charge < -0.3 is 14.8 Å². The lowest BCUT2D eigenvalue weighted by molar-refractivity contribution is -0.125. The van der Waals surface area contributed by atoms with Crippen molar-refractivity contribution in [3.63, 3.8) is 0 Å². The van der Waals surface area contributed by atoms with Crippen LogP contribution in [0.4, 0.5) is 0 Å². The van der Waals surface area contributed by atoms with Crippen molar-refractivity contribution in [1.82, 2.24) is 13.9 Å². The fourth-order valence-electron chi connectivity index (χ4n) is 4.41. The Labute approximate surface area is 229 Å². The smallest absolute Gasteiger partial charge is 0.243 e. The van der Waals surface area contributed by atoms with Crippen LogP contribution in [0.5, 0.6) is 11.5 Å². The number of nitrogens with one attached hydrogen (secondary N) is 1. The Hall–Kier alpha value is -3.45. The number of hydrogen-bond acceptors (Lipinski definition) is 7. The maximum Gasteiger partial charge on any atom is 0.243 e. The van der Waals surface area contributed by atoms with Gasteiger partial charge >= 0.3 is 0 Å². The van der Waals surface area contributed by atoms with E-state index in [1.165, 1.54) is 31.4 Å². The van der Waals surface area contributed by atoms with Gasteiger partial charge in [0, 0.05) is 26.2 Å². The van der Waals surface area contributed by atoms with Crippen LogP contribution in [0.25, 0.3) is 0 Å². The van der Waals surface area contributed by atoms with Gasteiger partial charge in [0.2, 0.25) is 26.0 Å². The summed E-state index contributed by atoms with van der Waals surface area (Å²) in [4.78, 5) is 13.5. The van der Waals surface area contributed by atoms with Gasteiger partial charge in [-0.1, -0.05) is 42.5 Å². The third-order valence-corrected chi connectivity index (χ3v) is 10.3. The van der Waals surface area contributed by atoms with Gasteiger partial charge in [-0.05, 0) is 48.4 Å². The van der Waals surface area contributed by atoms with Crippen LogP contribution >= 0.6 is 0 Å². The molecule has 208 valence electrons. The van der Waals surface area contributed by atoms with E-state index in [1.54, 1.807) is 55.6 Å². The molecule has 3 aromatic carbocycles. The Bertz CT molecular complexity index is 1500. The van der Waals surface area contributed by atoms with E-state index in [1.807, 2.05) is 6.07 Å². The van der Waals surface area contributed by atoms with Gasteiger partial charge in [0.25, 0.3) is 0 Å². The van der Waals surface area contributed by atoms with E-state index < -0.39 is 32.0 Å². The zero-order chi connectivity index (χ0) is 28.0. The molecule has 0 aliphatic carbocycles. The molecule has 1 heterocycles. The molecule has 1 N–H and O–H groups in total. The van der Waals surface area contributed by atoms with E-state index in [0.29, 0.717) is 17.9 Å². The third-order valence-electron chi connectivity index (χ3n) is 6.49. The summed E-state index contributed by atoms with van der Waals surface area (Å²) < 4.78 is 66.4. The van der Waals surface area contributed by atoms with Gasteiger partial charge in [-0.2, -0.15) is 8.61 Å². The predicted octanol–water partition coefficient (Wildman–Crippen LogP) is 2.13. The molecule has 1 fully saturated rings. The number of hydrogen-bond donors (Lipinski definition) is 1. The van der Waals surface area contributed by atoms with Crippen LogP contribution in [-0.2, 0) is 31.3 Å². The van der Waals surface area contributed by atoms with E-state index in [0.717, 1.165) is 14.2 Å². The summed E-state index contributed by atoms with van der Waals surface area (Å²) in [5, 5.41) is 2.79. The zero-order valence-electron chi connectivity index (χ0n) is 21.7. The molecule has 0 unspecified atom stereocenters. The first kappa shape index (κ1) is 28.6. The van der Waals surface area contributed by atoms with Crippen molar-refractivity contribution in [2.45, 2.75) is 22.3 Å². The monoisotopic (exact) mass is 573 g/mol. The van der Waals surface area contributed by atoms with Gasteiger partial charge in [-0.25, -0.2) is 16.8 Å². The molecule has 4 rings (SSSR count). The highest BCUT2D eigenvalue weighted by atomic mass is 32.2. The number of methoxy groups -OCH3 is 2. The Kier molecular flexibility index (Phi) is 8.90. The molecule has 0 saturated carbocycles. The molecule has 0 bridgehead atoms. The van der Waals surface area contributed by atoms with Gasteiger partial charge in [0.1, 0.15) is 6.04 Å². The van der Waals surface area contributed by atoms with Crippen LogP contribution in [-0.4, -0.2) is 77.8 Å². The van der Waals surface area contributed by atoms with Crippen molar-refractivity contribution in [3.8, 4) is 11.5 Å². The fourth-order valence-corrected chi connectivity index (χ4v) is 7.46. The molecule has 1 saturated heterocycles. The lowest BCUT2D eigenvalue weighted by atomic mass is 10.1. The first-order valence-corrected chi connectivity index (χ1v) is 15.2. The highest BCUT2D eigenvalue weighted by molar-refractivity contribution is 7.89. The standard InChI is InChI=1S/C27H31N3O7S2/c1-36-25-14-13-21(19-26(25)37-2)15-16-28-27(31)24-20-29(38(32,33)22-9-5-3-6-10-22)17-18-30(24)39(34,35)23-11-7-4-8-12-23/h3-14,19,24H,15-18,20H2,1-2H3,(H,28,31)/t24-/m0/s1. The Balaban J connectivity index is 1.56. The molecule has 3 aromatic rings. The fraction of sp³-hybridized carbons (Fsp3) is 0.296. The molecule has 39 heavy (non-hydrogen) atoms. The van der Waals surface area contributed by atoms with E-state index in [9.17, 15) is 21.6 Å². The average molecular weight is 574 g/mol. The summed E-state index contributed by atoms with van der Waals surface area (Å²) in [5.74, 6) is 0.549. The summed E-state index contributed by atoms with van der Waals surface area (Å²) in [7, 11) is -4.93. The zero-order valence-corrected chi connectivity index (χ0v) is 23.3. The molecule has 1 aliphatic heterocycles. The van der Waals surface area contributed by atoms with E-state index in [2.05, 4.69) is 5.32 Å². The van der Waals surface area contributed by atoms with Crippen LogP contribution in [0.2, 0.25) is 0 Å². The Morgan fingerprint density at radius 1 is 0.821 bits per heavy atom. The van der Waals surface area contributed by atoms with Crippen molar-refractivity contribution < 1.29 is 31.1 Å². The van der Waals surface area contributed by atoms with E-state index in [4.69, 9.17) is 9.47 Å². The van der Waals surface area contributed by atoms with Crippen LogP contribution in [0.15, 0.2) is 88.7 Å². The second-order valence-corrected chi connectivity index (χ2v) is 12.7. The van der Waals surface area contributed by atoms with E-state index >= 15 is 0 Å². The molecular weight excluding hydrogens is 542 g/mol. The lowest BCUT2D eigenvalue weighted by Gasteiger charge is -2.39. The molecule has 0 radical (unpaired) electrons. The quantitative estimate of drug-likeness (QED) is 0.394. The summed E-state index contributed by atoms with van der Waals surface area (Å²) in [6.45, 7) is -0.364. The minimum Gasteiger partial charge on any atom is -0.493 e. The number of amides is 1. The normalized spacial score (nSPS) is 16.9.